The first-order valence-electron chi connectivity index (χ1n) is 13.7. The molecule has 0 amide bonds. The van der Waals surface area contributed by atoms with Gasteiger partial charge < -0.3 is 20.1 Å². The van der Waals surface area contributed by atoms with Crippen LogP contribution in [0.3, 0.4) is 0 Å². The van der Waals surface area contributed by atoms with Gasteiger partial charge >= 0.3 is 5.97 Å². The van der Waals surface area contributed by atoms with Crippen LogP contribution in [-0.4, -0.2) is 46.7 Å². The van der Waals surface area contributed by atoms with E-state index in [-0.39, 0.29) is 25.3 Å². The van der Waals surface area contributed by atoms with Gasteiger partial charge in [0.05, 0.1) is 12.7 Å². The minimum atomic E-state index is -0.965. The lowest BCUT2D eigenvalue weighted by molar-refractivity contribution is -0.147. The second kappa shape index (κ2) is 25.0. The average Bonchev–Trinajstić information content (AvgIpc) is 2.79. The molecule has 0 bridgehead atoms. The third-order valence-electron chi connectivity index (χ3n) is 6.21. The number of aliphatic hydroxyl groups is 3. The zero-order valence-electron chi connectivity index (χ0n) is 21.1. The van der Waals surface area contributed by atoms with Crippen LogP contribution in [0.2, 0.25) is 0 Å². The highest BCUT2D eigenvalue weighted by molar-refractivity contribution is 5.69. The van der Waals surface area contributed by atoms with Crippen LogP contribution >= 0.6 is 0 Å². The van der Waals surface area contributed by atoms with Crippen molar-refractivity contribution in [2.75, 3.05) is 13.2 Å². The van der Waals surface area contributed by atoms with Crippen LogP contribution in [-0.2, 0) is 9.53 Å². The Balaban J connectivity index is 3.20. The summed E-state index contributed by atoms with van der Waals surface area (Å²) in [6.07, 6.45) is 23.7. The zero-order valence-corrected chi connectivity index (χ0v) is 21.1. The molecular weight excluding hydrogens is 404 g/mol. The number of esters is 1. The number of hydrogen-bond donors (Lipinski definition) is 3. The third kappa shape index (κ3) is 24.0. The van der Waals surface area contributed by atoms with Crippen molar-refractivity contribution >= 4 is 5.97 Å². The minimum absolute atomic E-state index is 0.0728. The van der Waals surface area contributed by atoms with Gasteiger partial charge in [0, 0.05) is 6.42 Å². The molecule has 32 heavy (non-hydrogen) atoms. The Bertz CT molecular complexity index is 388. The Morgan fingerprint density at radius 3 is 1.47 bits per heavy atom. The van der Waals surface area contributed by atoms with E-state index in [4.69, 9.17) is 14.9 Å². The molecule has 0 aromatic rings. The maximum absolute atomic E-state index is 11.5. The molecule has 0 saturated heterocycles. The standard InChI is InChI=1S/C27H54O5/c1-2-3-4-14-17-20-25(29)21-18-15-12-10-8-6-5-7-9-11-13-16-19-22-27(31)32-24-26(30)23-28/h25-26,28-30H,2-24H2,1H3. The lowest BCUT2D eigenvalue weighted by atomic mass is 10.0. The van der Waals surface area contributed by atoms with Crippen molar-refractivity contribution in [1.82, 2.24) is 0 Å². The number of unbranched alkanes of at least 4 members (excludes halogenated alkanes) is 16. The highest BCUT2D eigenvalue weighted by Crippen LogP contribution is 2.15. The van der Waals surface area contributed by atoms with Crippen molar-refractivity contribution in [1.29, 1.82) is 0 Å². The molecule has 0 spiro atoms. The van der Waals surface area contributed by atoms with Gasteiger partial charge in [-0.3, -0.25) is 4.79 Å². The number of ether oxygens (including phenoxy) is 1. The molecule has 2 unspecified atom stereocenters. The fourth-order valence-electron chi connectivity index (χ4n) is 4.04. The van der Waals surface area contributed by atoms with E-state index in [1.165, 1.54) is 96.3 Å². The number of aliphatic hydroxyl groups excluding tert-OH is 3. The molecule has 0 fully saturated rings. The van der Waals surface area contributed by atoms with E-state index in [0.717, 1.165) is 32.1 Å². The topological polar surface area (TPSA) is 87.0 Å². The van der Waals surface area contributed by atoms with Gasteiger partial charge in [-0.25, -0.2) is 0 Å². The van der Waals surface area contributed by atoms with Crippen molar-refractivity contribution in [3.63, 3.8) is 0 Å². The van der Waals surface area contributed by atoms with Gasteiger partial charge in [0.2, 0.25) is 0 Å². The van der Waals surface area contributed by atoms with Crippen LogP contribution in [0.4, 0.5) is 0 Å². The van der Waals surface area contributed by atoms with Crippen molar-refractivity contribution in [3.8, 4) is 0 Å². The van der Waals surface area contributed by atoms with Crippen LogP contribution in [0.1, 0.15) is 142 Å². The van der Waals surface area contributed by atoms with E-state index in [9.17, 15) is 9.90 Å². The summed E-state index contributed by atoms with van der Waals surface area (Å²) in [5.74, 6) is -0.286. The summed E-state index contributed by atoms with van der Waals surface area (Å²) in [5.41, 5.74) is 0. The number of rotatable bonds is 25. The summed E-state index contributed by atoms with van der Waals surface area (Å²) in [4.78, 5) is 11.5. The van der Waals surface area contributed by atoms with Crippen LogP contribution in [0, 0.1) is 0 Å². The first-order valence-corrected chi connectivity index (χ1v) is 13.7. The molecule has 0 aliphatic heterocycles. The predicted molar refractivity (Wildman–Crippen MR) is 133 cm³/mol. The molecule has 0 heterocycles. The SMILES string of the molecule is CCCCCCCC(O)CCCCCCCCCCCCCCCC(=O)OCC(O)CO. The Morgan fingerprint density at radius 2 is 1.03 bits per heavy atom. The van der Waals surface area contributed by atoms with Crippen molar-refractivity contribution in [3.05, 3.63) is 0 Å². The van der Waals surface area contributed by atoms with Crippen LogP contribution in [0.25, 0.3) is 0 Å². The lowest BCUT2D eigenvalue weighted by Crippen LogP contribution is -2.21. The molecule has 0 radical (unpaired) electrons. The lowest BCUT2D eigenvalue weighted by Gasteiger charge is -2.10. The molecule has 0 aromatic carbocycles. The molecular formula is C27H54O5. The van der Waals surface area contributed by atoms with E-state index in [0.29, 0.717) is 6.42 Å². The summed E-state index contributed by atoms with van der Waals surface area (Å²) in [6, 6.07) is 0. The molecule has 5 nitrogen and oxygen atoms in total. The summed E-state index contributed by atoms with van der Waals surface area (Å²) >= 11 is 0. The molecule has 0 aromatic heterocycles. The fraction of sp³-hybridized carbons (Fsp3) is 0.963. The van der Waals surface area contributed by atoms with Crippen LogP contribution < -0.4 is 0 Å². The van der Waals surface area contributed by atoms with Crippen LogP contribution in [0.5, 0.6) is 0 Å². The van der Waals surface area contributed by atoms with E-state index < -0.39 is 6.10 Å². The van der Waals surface area contributed by atoms with E-state index in [1.54, 1.807) is 0 Å². The zero-order chi connectivity index (χ0) is 23.7. The Labute approximate surface area is 198 Å². The Kier molecular flexibility index (Phi) is 24.5. The van der Waals surface area contributed by atoms with Gasteiger partial charge in [0.1, 0.15) is 12.7 Å². The van der Waals surface area contributed by atoms with Gasteiger partial charge in [0.25, 0.3) is 0 Å². The predicted octanol–water partition coefficient (Wildman–Crippen LogP) is 6.46. The Morgan fingerprint density at radius 1 is 0.625 bits per heavy atom. The largest absolute Gasteiger partial charge is 0.463 e. The quantitative estimate of drug-likeness (QED) is 0.108. The normalized spacial score (nSPS) is 13.2. The first-order chi connectivity index (χ1) is 15.6. The van der Waals surface area contributed by atoms with E-state index >= 15 is 0 Å². The van der Waals surface area contributed by atoms with Crippen molar-refractivity contribution in [2.24, 2.45) is 0 Å². The molecule has 2 atom stereocenters. The summed E-state index contributed by atoms with van der Waals surface area (Å²) in [5, 5.41) is 27.8. The molecule has 5 heteroatoms. The summed E-state index contributed by atoms with van der Waals surface area (Å²) in [7, 11) is 0. The molecule has 0 aliphatic carbocycles. The molecule has 0 aliphatic rings. The number of hydrogen-bond acceptors (Lipinski definition) is 5. The van der Waals surface area contributed by atoms with Gasteiger partial charge in [-0.05, 0) is 19.3 Å². The minimum Gasteiger partial charge on any atom is -0.463 e. The van der Waals surface area contributed by atoms with Crippen molar-refractivity contribution in [2.45, 2.75) is 154 Å². The third-order valence-corrected chi connectivity index (χ3v) is 6.21. The highest BCUT2D eigenvalue weighted by Gasteiger charge is 2.07. The van der Waals surface area contributed by atoms with Gasteiger partial charge in [-0.1, -0.05) is 116 Å². The summed E-state index contributed by atoms with van der Waals surface area (Å²) in [6.45, 7) is 1.75. The molecule has 3 N–H and O–H groups in total. The number of carbonyl (C=O) groups excluding carboxylic acids is 1. The van der Waals surface area contributed by atoms with Gasteiger partial charge in [-0.15, -0.1) is 0 Å². The average molecular weight is 459 g/mol. The second-order valence-corrected chi connectivity index (χ2v) is 9.51. The maximum Gasteiger partial charge on any atom is 0.305 e. The molecule has 0 rings (SSSR count). The maximum atomic E-state index is 11.5. The van der Waals surface area contributed by atoms with Gasteiger partial charge in [-0.2, -0.15) is 0 Å². The molecule has 0 saturated carbocycles. The van der Waals surface area contributed by atoms with Gasteiger partial charge in [0.15, 0.2) is 0 Å². The van der Waals surface area contributed by atoms with E-state index in [1.807, 2.05) is 0 Å². The highest BCUT2D eigenvalue weighted by atomic mass is 16.5. The van der Waals surface area contributed by atoms with E-state index in [2.05, 4.69) is 6.92 Å². The molecule has 192 valence electrons. The number of carbonyl (C=O) groups is 1. The van der Waals surface area contributed by atoms with Crippen molar-refractivity contribution < 1.29 is 24.9 Å². The Hall–Kier alpha value is -0.650. The monoisotopic (exact) mass is 458 g/mol. The van der Waals surface area contributed by atoms with Crippen LogP contribution in [0.15, 0.2) is 0 Å². The second-order valence-electron chi connectivity index (χ2n) is 9.51. The summed E-state index contributed by atoms with van der Waals surface area (Å²) < 4.78 is 4.88. The smallest absolute Gasteiger partial charge is 0.305 e. The fourth-order valence-corrected chi connectivity index (χ4v) is 4.04. The first kappa shape index (κ1) is 31.4.